The molecule has 0 amide bonds. The second-order valence-electron chi connectivity index (χ2n) is 2.93. The molecule has 1 aromatic rings. The van der Waals surface area contributed by atoms with Crippen LogP contribution >= 0.6 is 11.6 Å². The first-order valence-corrected chi connectivity index (χ1v) is 4.37. The first-order valence-electron chi connectivity index (χ1n) is 3.99. The highest BCUT2D eigenvalue weighted by atomic mass is 35.5. The quantitative estimate of drug-likeness (QED) is 0.373. The van der Waals surface area contributed by atoms with Crippen molar-refractivity contribution in [1.29, 1.82) is 0 Å². The van der Waals surface area contributed by atoms with Gasteiger partial charge in [-0.15, -0.1) is 0 Å². The van der Waals surface area contributed by atoms with Gasteiger partial charge in [-0.2, -0.15) is 0 Å². The summed E-state index contributed by atoms with van der Waals surface area (Å²) in [7, 11) is 0. The van der Waals surface area contributed by atoms with Gasteiger partial charge in [0.2, 0.25) is 0 Å². The molecular weight excluding hydrogens is 202 g/mol. The molecule has 0 aliphatic carbocycles. The maximum Gasteiger partial charge on any atom is 0.0426 e. The van der Waals surface area contributed by atoms with Crippen molar-refractivity contribution in [3.63, 3.8) is 0 Å². The largest absolute Gasteiger partial charge is 0.412 e. The van der Waals surface area contributed by atoms with E-state index in [1.807, 2.05) is 12.1 Å². The van der Waals surface area contributed by atoms with E-state index in [2.05, 4.69) is 25.5 Å². The monoisotopic (exact) mass is 219 g/mol. The Balaban J connectivity index is 0. The molecule has 4 nitrogen and oxygen atoms in total. The molecule has 0 radical (unpaired) electrons. The van der Waals surface area contributed by atoms with Gasteiger partial charge in [-0.3, -0.25) is 11.7 Å². The minimum atomic E-state index is 0. The molecule has 0 spiro atoms. The van der Waals surface area contributed by atoms with Crippen molar-refractivity contribution in [2.75, 3.05) is 5.73 Å². The topological polar surface area (TPSA) is 110 Å². The van der Waals surface area contributed by atoms with Crippen LogP contribution < -0.4 is 17.4 Å². The van der Waals surface area contributed by atoms with Gasteiger partial charge >= 0.3 is 0 Å². The lowest BCUT2D eigenvalue weighted by atomic mass is 10.0. The van der Waals surface area contributed by atoms with E-state index in [0.29, 0.717) is 10.9 Å². The maximum atomic E-state index is 5.74. The Bertz CT molecular complexity index is 266. The summed E-state index contributed by atoms with van der Waals surface area (Å²) in [5.41, 5.74) is 7.68. The SMILES string of the molecule is CC(C)c1ccc(Cl)cc1N.NN.O. The molecule has 82 valence electrons. The number of halogens is 1. The number of hydrogen-bond acceptors (Lipinski definition) is 3. The minimum Gasteiger partial charge on any atom is -0.412 e. The maximum absolute atomic E-state index is 5.74. The zero-order valence-electron chi connectivity index (χ0n) is 8.42. The fraction of sp³-hybridized carbons (Fsp3) is 0.333. The highest BCUT2D eigenvalue weighted by Crippen LogP contribution is 2.24. The molecule has 0 saturated heterocycles. The van der Waals surface area contributed by atoms with Gasteiger partial charge in [0.15, 0.2) is 0 Å². The second-order valence-corrected chi connectivity index (χ2v) is 3.36. The lowest BCUT2D eigenvalue weighted by Gasteiger charge is -2.08. The number of rotatable bonds is 1. The van der Waals surface area contributed by atoms with Gasteiger partial charge in [0, 0.05) is 10.7 Å². The predicted octanol–water partition coefficient (Wildman–Crippen LogP) is 1.04. The van der Waals surface area contributed by atoms with Crippen LogP contribution in [-0.4, -0.2) is 5.48 Å². The molecule has 1 rings (SSSR count). The molecule has 0 atom stereocenters. The Labute approximate surface area is 89.3 Å². The Kier molecular flexibility index (Phi) is 8.48. The van der Waals surface area contributed by atoms with E-state index in [9.17, 15) is 0 Å². The summed E-state index contributed by atoms with van der Waals surface area (Å²) in [6.07, 6.45) is 0. The molecule has 0 aromatic heterocycles. The Morgan fingerprint density at radius 1 is 1.21 bits per heavy atom. The standard InChI is InChI=1S/C9H12ClN.H4N2.H2O/c1-6(2)8-4-3-7(10)5-9(8)11;1-2;/h3-6H,11H2,1-2H3;1-2H2;1H2. The molecule has 0 aliphatic rings. The van der Waals surface area contributed by atoms with Crippen LogP contribution in [0.2, 0.25) is 5.02 Å². The summed E-state index contributed by atoms with van der Waals surface area (Å²) in [4.78, 5) is 0. The van der Waals surface area contributed by atoms with Gasteiger partial charge in [0.05, 0.1) is 0 Å². The number of hydrazine groups is 1. The van der Waals surface area contributed by atoms with Crippen molar-refractivity contribution in [2.24, 2.45) is 11.7 Å². The van der Waals surface area contributed by atoms with E-state index >= 15 is 0 Å². The molecule has 0 unspecified atom stereocenters. The predicted molar refractivity (Wildman–Crippen MR) is 61.9 cm³/mol. The van der Waals surface area contributed by atoms with E-state index in [4.69, 9.17) is 17.3 Å². The van der Waals surface area contributed by atoms with Crippen LogP contribution in [0.3, 0.4) is 0 Å². The van der Waals surface area contributed by atoms with Crippen LogP contribution in [0.15, 0.2) is 18.2 Å². The molecule has 0 heterocycles. The van der Waals surface area contributed by atoms with Gasteiger partial charge in [-0.1, -0.05) is 31.5 Å². The molecule has 5 heteroatoms. The average Bonchev–Trinajstić information content (AvgIpc) is 2.07. The van der Waals surface area contributed by atoms with Gasteiger partial charge in [0.1, 0.15) is 0 Å². The van der Waals surface area contributed by atoms with Crippen molar-refractivity contribution in [2.45, 2.75) is 19.8 Å². The van der Waals surface area contributed by atoms with Crippen LogP contribution in [0, 0.1) is 0 Å². The molecular formula is C9H18ClN3O. The van der Waals surface area contributed by atoms with Gasteiger partial charge < -0.3 is 11.2 Å². The number of nitrogen functional groups attached to an aromatic ring is 1. The third kappa shape index (κ3) is 4.43. The molecule has 14 heavy (non-hydrogen) atoms. The molecule has 0 fully saturated rings. The molecule has 1 aromatic carbocycles. The van der Waals surface area contributed by atoms with Crippen molar-refractivity contribution in [1.82, 2.24) is 0 Å². The zero-order valence-corrected chi connectivity index (χ0v) is 9.18. The fourth-order valence-electron chi connectivity index (χ4n) is 1.07. The summed E-state index contributed by atoms with van der Waals surface area (Å²) >= 11 is 5.74. The first-order chi connectivity index (χ1) is 6.11. The zero-order chi connectivity index (χ0) is 10.4. The van der Waals surface area contributed by atoms with Gasteiger partial charge in [-0.05, 0) is 23.6 Å². The Hall–Kier alpha value is -0.810. The Morgan fingerprint density at radius 3 is 2.07 bits per heavy atom. The van der Waals surface area contributed by atoms with Crippen LogP contribution in [0.4, 0.5) is 5.69 Å². The summed E-state index contributed by atoms with van der Waals surface area (Å²) in [6, 6.07) is 5.63. The van der Waals surface area contributed by atoms with E-state index < -0.39 is 0 Å². The minimum absolute atomic E-state index is 0. The summed E-state index contributed by atoms with van der Waals surface area (Å²) in [5.74, 6) is 8.47. The van der Waals surface area contributed by atoms with Crippen molar-refractivity contribution in [3.8, 4) is 0 Å². The van der Waals surface area contributed by atoms with E-state index in [0.717, 1.165) is 11.3 Å². The van der Waals surface area contributed by atoms with E-state index in [-0.39, 0.29) is 5.48 Å². The number of anilines is 1. The molecule has 0 aliphatic heterocycles. The third-order valence-electron chi connectivity index (χ3n) is 1.67. The van der Waals surface area contributed by atoms with Crippen LogP contribution in [0.25, 0.3) is 0 Å². The molecule has 0 bridgehead atoms. The lowest BCUT2D eigenvalue weighted by Crippen LogP contribution is -2.02. The summed E-state index contributed by atoms with van der Waals surface area (Å²) in [5, 5.41) is 0.701. The van der Waals surface area contributed by atoms with E-state index in [1.165, 1.54) is 0 Å². The third-order valence-corrected chi connectivity index (χ3v) is 1.91. The van der Waals surface area contributed by atoms with Gasteiger partial charge in [-0.25, -0.2) is 0 Å². The highest BCUT2D eigenvalue weighted by molar-refractivity contribution is 6.30. The van der Waals surface area contributed by atoms with Crippen molar-refractivity contribution in [3.05, 3.63) is 28.8 Å². The van der Waals surface area contributed by atoms with Crippen LogP contribution in [0.5, 0.6) is 0 Å². The second kappa shape index (κ2) is 7.58. The molecule has 8 N–H and O–H groups in total. The van der Waals surface area contributed by atoms with E-state index in [1.54, 1.807) is 6.07 Å². The highest BCUT2D eigenvalue weighted by Gasteiger charge is 2.02. The fourth-order valence-corrected chi connectivity index (χ4v) is 1.25. The normalized spacial score (nSPS) is 8.71. The first kappa shape index (κ1) is 15.7. The van der Waals surface area contributed by atoms with Crippen molar-refractivity contribution >= 4 is 17.3 Å². The summed E-state index contributed by atoms with van der Waals surface area (Å²) in [6.45, 7) is 4.22. The molecule has 0 saturated carbocycles. The Morgan fingerprint density at radius 2 is 1.71 bits per heavy atom. The van der Waals surface area contributed by atoms with Crippen LogP contribution in [0.1, 0.15) is 25.3 Å². The smallest absolute Gasteiger partial charge is 0.0426 e. The van der Waals surface area contributed by atoms with Crippen molar-refractivity contribution < 1.29 is 5.48 Å². The van der Waals surface area contributed by atoms with Crippen LogP contribution in [-0.2, 0) is 0 Å². The number of benzene rings is 1. The average molecular weight is 220 g/mol. The summed E-state index contributed by atoms with van der Waals surface area (Å²) < 4.78 is 0. The lowest BCUT2D eigenvalue weighted by molar-refractivity contribution is 0.824. The van der Waals surface area contributed by atoms with Gasteiger partial charge in [0.25, 0.3) is 0 Å². The number of hydrogen-bond donors (Lipinski definition) is 3. The number of nitrogens with two attached hydrogens (primary N) is 3.